The molecule has 0 spiro atoms. The summed E-state index contributed by atoms with van der Waals surface area (Å²) in [7, 11) is 0. The van der Waals surface area contributed by atoms with E-state index in [1.807, 2.05) is 19.1 Å². The smallest absolute Gasteiger partial charge is 0.119 e. The molecule has 3 rings (SSSR count). The van der Waals surface area contributed by atoms with E-state index in [1.165, 1.54) is 17.7 Å². The van der Waals surface area contributed by atoms with E-state index < -0.39 is 0 Å². The van der Waals surface area contributed by atoms with Crippen LogP contribution in [0.3, 0.4) is 0 Å². The Morgan fingerprint density at radius 2 is 1.67 bits per heavy atom. The summed E-state index contributed by atoms with van der Waals surface area (Å²) in [5.41, 5.74) is 2.61. The number of hydrogen-bond donors (Lipinski definition) is 0. The summed E-state index contributed by atoms with van der Waals surface area (Å²) in [5.74, 6) is 0.945. The Labute approximate surface area is 149 Å². The fourth-order valence-corrected chi connectivity index (χ4v) is 3.28. The summed E-state index contributed by atoms with van der Waals surface area (Å²) in [6.07, 6.45) is 1.18. The van der Waals surface area contributed by atoms with E-state index in [-0.39, 0.29) is 0 Å². The molecule has 0 amide bonds. The van der Waals surface area contributed by atoms with Crippen LogP contribution in [0, 0.1) is 0 Å². The summed E-state index contributed by atoms with van der Waals surface area (Å²) in [6.45, 7) is 8.09. The first-order valence-electron chi connectivity index (χ1n) is 8.69. The number of nitrogens with zero attached hydrogens (tertiary/aromatic N) is 2. The Balaban J connectivity index is 1.57. The number of benzene rings is 2. The van der Waals surface area contributed by atoms with E-state index in [9.17, 15) is 0 Å². The molecule has 0 aromatic heterocycles. The largest absolute Gasteiger partial charge is 0.494 e. The lowest BCUT2D eigenvalue weighted by Crippen LogP contribution is -2.30. The van der Waals surface area contributed by atoms with Crippen molar-refractivity contribution in [1.29, 1.82) is 0 Å². The van der Waals surface area contributed by atoms with E-state index in [0.717, 1.165) is 43.5 Å². The molecular formula is C20H25ClN2O. The fraction of sp³-hybridized carbons (Fsp3) is 0.400. The topological polar surface area (TPSA) is 15.7 Å². The van der Waals surface area contributed by atoms with E-state index in [0.29, 0.717) is 6.61 Å². The van der Waals surface area contributed by atoms with E-state index in [2.05, 4.69) is 46.2 Å². The van der Waals surface area contributed by atoms with Gasteiger partial charge in [-0.25, -0.2) is 0 Å². The second-order valence-corrected chi connectivity index (χ2v) is 6.61. The second kappa shape index (κ2) is 8.41. The van der Waals surface area contributed by atoms with Gasteiger partial charge in [0.05, 0.1) is 6.61 Å². The Hall–Kier alpha value is -1.71. The average Bonchev–Trinajstić information content (AvgIpc) is 2.84. The minimum atomic E-state index is 0.711. The molecule has 2 aromatic rings. The maximum absolute atomic E-state index is 5.97. The molecule has 2 aromatic carbocycles. The average molecular weight is 345 g/mol. The van der Waals surface area contributed by atoms with Crippen LogP contribution in [-0.4, -0.2) is 37.7 Å². The zero-order valence-electron chi connectivity index (χ0n) is 14.2. The van der Waals surface area contributed by atoms with Gasteiger partial charge in [0.2, 0.25) is 0 Å². The lowest BCUT2D eigenvalue weighted by Gasteiger charge is -2.24. The highest BCUT2D eigenvalue weighted by Crippen LogP contribution is 2.21. The van der Waals surface area contributed by atoms with Crippen LogP contribution in [0.2, 0.25) is 5.02 Å². The van der Waals surface area contributed by atoms with Gasteiger partial charge in [0.1, 0.15) is 5.75 Å². The summed E-state index contributed by atoms with van der Waals surface area (Å²) < 4.78 is 5.53. The molecule has 0 unspecified atom stereocenters. The molecule has 0 aliphatic carbocycles. The van der Waals surface area contributed by atoms with Gasteiger partial charge in [-0.1, -0.05) is 23.7 Å². The van der Waals surface area contributed by atoms with Crippen molar-refractivity contribution in [3.8, 4) is 5.75 Å². The molecule has 0 saturated carbocycles. The van der Waals surface area contributed by atoms with Gasteiger partial charge < -0.3 is 9.64 Å². The number of anilines is 1. The monoisotopic (exact) mass is 344 g/mol. The Bertz CT molecular complexity index is 627. The first-order chi connectivity index (χ1) is 11.7. The maximum atomic E-state index is 5.97. The Morgan fingerprint density at radius 3 is 2.38 bits per heavy atom. The number of rotatable bonds is 5. The van der Waals surface area contributed by atoms with Gasteiger partial charge in [0, 0.05) is 43.4 Å². The van der Waals surface area contributed by atoms with Crippen molar-refractivity contribution >= 4 is 17.3 Å². The summed E-state index contributed by atoms with van der Waals surface area (Å²) in [6, 6.07) is 16.7. The summed E-state index contributed by atoms with van der Waals surface area (Å²) in [5, 5.41) is 0.802. The standard InChI is InChI=1S/C20H25ClN2O/c1-2-24-20-10-8-19(9-11-20)23-13-3-12-22(14-15-23)16-17-4-6-18(21)7-5-17/h4-11H,2-3,12-16H2,1H3. The molecule has 0 atom stereocenters. The van der Waals surface area contributed by atoms with Gasteiger partial charge >= 0.3 is 0 Å². The van der Waals surface area contributed by atoms with Crippen molar-refractivity contribution in [3.05, 3.63) is 59.1 Å². The highest BCUT2D eigenvalue weighted by molar-refractivity contribution is 6.30. The molecule has 1 aliphatic rings. The lowest BCUT2D eigenvalue weighted by molar-refractivity contribution is 0.285. The van der Waals surface area contributed by atoms with Crippen molar-refractivity contribution in [2.45, 2.75) is 19.9 Å². The molecule has 3 nitrogen and oxygen atoms in total. The van der Waals surface area contributed by atoms with Crippen LogP contribution < -0.4 is 9.64 Å². The maximum Gasteiger partial charge on any atom is 0.119 e. The summed E-state index contributed by atoms with van der Waals surface area (Å²) in [4.78, 5) is 5.00. The van der Waals surface area contributed by atoms with Crippen molar-refractivity contribution in [1.82, 2.24) is 4.90 Å². The number of ether oxygens (including phenoxy) is 1. The molecule has 4 heteroatoms. The molecule has 1 saturated heterocycles. The normalized spacial score (nSPS) is 16.0. The fourth-order valence-electron chi connectivity index (χ4n) is 3.16. The first kappa shape index (κ1) is 17.1. The molecular weight excluding hydrogens is 320 g/mol. The predicted molar refractivity (Wildman–Crippen MR) is 101 cm³/mol. The minimum Gasteiger partial charge on any atom is -0.494 e. The lowest BCUT2D eigenvalue weighted by atomic mass is 10.2. The van der Waals surface area contributed by atoms with Crippen molar-refractivity contribution < 1.29 is 4.74 Å². The molecule has 1 heterocycles. The SMILES string of the molecule is CCOc1ccc(N2CCCN(Cc3ccc(Cl)cc3)CC2)cc1. The van der Waals surface area contributed by atoms with Crippen LogP contribution >= 0.6 is 11.6 Å². The Morgan fingerprint density at radius 1 is 0.917 bits per heavy atom. The number of hydrogen-bond acceptors (Lipinski definition) is 3. The van der Waals surface area contributed by atoms with Crippen LogP contribution in [0.5, 0.6) is 5.75 Å². The third kappa shape index (κ3) is 4.65. The van der Waals surface area contributed by atoms with Crippen molar-refractivity contribution in [2.24, 2.45) is 0 Å². The van der Waals surface area contributed by atoms with Crippen molar-refractivity contribution in [3.63, 3.8) is 0 Å². The van der Waals surface area contributed by atoms with Gasteiger partial charge in [-0.2, -0.15) is 0 Å². The third-order valence-corrected chi connectivity index (χ3v) is 4.67. The molecule has 1 aliphatic heterocycles. The number of halogens is 1. The Kier molecular flexibility index (Phi) is 6.00. The van der Waals surface area contributed by atoms with Crippen LogP contribution in [0.1, 0.15) is 18.9 Å². The zero-order valence-corrected chi connectivity index (χ0v) is 15.0. The second-order valence-electron chi connectivity index (χ2n) is 6.17. The molecule has 128 valence electrons. The molecule has 24 heavy (non-hydrogen) atoms. The molecule has 0 N–H and O–H groups in total. The van der Waals surface area contributed by atoms with Crippen LogP contribution in [0.25, 0.3) is 0 Å². The van der Waals surface area contributed by atoms with Gasteiger partial charge in [0.25, 0.3) is 0 Å². The van der Waals surface area contributed by atoms with Crippen LogP contribution in [0.4, 0.5) is 5.69 Å². The van der Waals surface area contributed by atoms with E-state index in [1.54, 1.807) is 0 Å². The van der Waals surface area contributed by atoms with E-state index >= 15 is 0 Å². The van der Waals surface area contributed by atoms with Gasteiger partial charge in [-0.15, -0.1) is 0 Å². The van der Waals surface area contributed by atoms with Crippen LogP contribution in [-0.2, 0) is 6.54 Å². The zero-order chi connectivity index (χ0) is 16.8. The quantitative estimate of drug-likeness (QED) is 0.797. The highest BCUT2D eigenvalue weighted by Gasteiger charge is 2.15. The summed E-state index contributed by atoms with van der Waals surface area (Å²) >= 11 is 5.97. The van der Waals surface area contributed by atoms with Gasteiger partial charge in [0.15, 0.2) is 0 Å². The molecule has 0 radical (unpaired) electrons. The van der Waals surface area contributed by atoms with Gasteiger partial charge in [-0.3, -0.25) is 4.90 Å². The first-order valence-corrected chi connectivity index (χ1v) is 9.07. The van der Waals surface area contributed by atoms with E-state index in [4.69, 9.17) is 16.3 Å². The third-order valence-electron chi connectivity index (χ3n) is 4.42. The van der Waals surface area contributed by atoms with Crippen LogP contribution in [0.15, 0.2) is 48.5 Å². The highest BCUT2D eigenvalue weighted by atomic mass is 35.5. The minimum absolute atomic E-state index is 0.711. The molecule has 0 bridgehead atoms. The van der Waals surface area contributed by atoms with Gasteiger partial charge in [-0.05, 0) is 55.3 Å². The van der Waals surface area contributed by atoms with Crippen molar-refractivity contribution in [2.75, 3.05) is 37.7 Å². The predicted octanol–water partition coefficient (Wildman–Crippen LogP) is 4.45. The molecule has 1 fully saturated rings.